The lowest BCUT2D eigenvalue weighted by molar-refractivity contribution is 0.289. The number of rotatable bonds is 1. The highest BCUT2D eigenvalue weighted by Crippen LogP contribution is 2.30. The van der Waals surface area contributed by atoms with Gasteiger partial charge in [0.25, 0.3) is 0 Å². The maximum atomic E-state index is 6.18. The molecule has 0 aromatic heterocycles. The molecule has 0 spiro atoms. The van der Waals surface area contributed by atoms with Gasteiger partial charge in [0.1, 0.15) is 6.17 Å². The van der Waals surface area contributed by atoms with Crippen LogP contribution in [0, 0.1) is 5.41 Å². The van der Waals surface area contributed by atoms with Gasteiger partial charge in [0.05, 0.1) is 0 Å². The van der Waals surface area contributed by atoms with E-state index in [0.29, 0.717) is 0 Å². The van der Waals surface area contributed by atoms with Crippen LogP contribution in [0.3, 0.4) is 0 Å². The molecule has 3 heteroatoms. The first kappa shape index (κ1) is 12.4. The van der Waals surface area contributed by atoms with Crippen molar-refractivity contribution in [1.82, 2.24) is 5.01 Å². The maximum Gasteiger partial charge on any atom is 0.104 e. The summed E-state index contributed by atoms with van der Waals surface area (Å²) in [7, 11) is 0. The molecule has 3 nitrogen and oxygen atoms in total. The lowest BCUT2D eigenvalue weighted by Gasteiger charge is -2.24. The van der Waals surface area contributed by atoms with E-state index in [1.807, 2.05) is 5.01 Å². The molecule has 1 unspecified atom stereocenters. The summed E-state index contributed by atoms with van der Waals surface area (Å²) in [5.41, 5.74) is 10.2. The van der Waals surface area contributed by atoms with E-state index in [2.05, 4.69) is 39.8 Å². The van der Waals surface area contributed by atoms with Gasteiger partial charge in [-0.15, -0.1) is 0 Å². The summed E-state index contributed by atoms with van der Waals surface area (Å²) in [5.74, 6) is 0. The Kier molecular flexibility index (Phi) is 3.13. The molecule has 94 valence electrons. The summed E-state index contributed by atoms with van der Waals surface area (Å²) in [4.78, 5) is 0. The van der Waals surface area contributed by atoms with Crippen molar-refractivity contribution >= 4 is 5.71 Å². The molecule has 0 radical (unpaired) electrons. The standard InChI is InChI=1S/C14H23N3/c1-10-5-7-11(8-6-10)17-13(15)9-12(16-17)14(2,3)4/h5,7,13H,6,8-9,15H2,1-4H3. The monoisotopic (exact) mass is 233 g/mol. The fourth-order valence-electron chi connectivity index (χ4n) is 2.18. The second kappa shape index (κ2) is 4.30. The normalized spacial score (nSPS) is 25.6. The molecule has 1 heterocycles. The van der Waals surface area contributed by atoms with Crippen LogP contribution in [0.4, 0.5) is 0 Å². The molecule has 0 saturated heterocycles. The smallest absolute Gasteiger partial charge is 0.104 e. The number of nitrogens with two attached hydrogens (primary N) is 1. The first-order valence-corrected chi connectivity index (χ1v) is 6.37. The van der Waals surface area contributed by atoms with Crippen molar-refractivity contribution in [3.8, 4) is 0 Å². The van der Waals surface area contributed by atoms with E-state index in [-0.39, 0.29) is 11.6 Å². The van der Waals surface area contributed by atoms with E-state index in [4.69, 9.17) is 10.8 Å². The second-order valence-electron chi connectivity index (χ2n) is 6.08. The summed E-state index contributed by atoms with van der Waals surface area (Å²) in [6.07, 6.45) is 7.40. The third kappa shape index (κ3) is 2.60. The molecule has 2 N–H and O–H groups in total. The van der Waals surface area contributed by atoms with E-state index in [0.717, 1.165) is 19.3 Å². The third-order valence-electron chi connectivity index (χ3n) is 3.44. The Hall–Kier alpha value is -1.09. The van der Waals surface area contributed by atoms with Crippen LogP contribution in [-0.2, 0) is 0 Å². The van der Waals surface area contributed by atoms with E-state index < -0.39 is 0 Å². The lowest BCUT2D eigenvalue weighted by atomic mass is 9.88. The van der Waals surface area contributed by atoms with Crippen LogP contribution in [0.25, 0.3) is 0 Å². The number of hydrazone groups is 1. The average molecular weight is 233 g/mol. The summed E-state index contributed by atoms with van der Waals surface area (Å²) < 4.78 is 0. The van der Waals surface area contributed by atoms with Gasteiger partial charge in [0, 0.05) is 23.2 Å². The van der Waals surface area contributed by atoms with E-state index in [9.17, 15) is 0 Å². The van der Waals surface area contributed by atoms with Gasteiger partial charge in [-0.1, -0.05) is 32.4 Å². The van der Waals surface area contributed by atoms with Crippen molar-refractivity contribution in [2.75, 3.05) is 0 Å². The zero-order chi connectivity index (χ0) is 12.6. The average Bonchev–Trinajstić information content (AvgIpc) is 2.61. The van der Waals surface area contributed by atoms with E-state index >= 15 is 0 Å². The van der Waals surface area contributed by atoms with Gasteiger partial charge in [0.15, 0.2) is 0 Å². The lowest BCUT2D eigenvalue weighted by Crippen LogP contribution is -2.35. The minimum absolute atomic E-state index is 0.0160. The predicted octanol–water partition coefficient (Wildman–Crippen LogP) is 3.00. The van der Waals surface area contributed by atoms with Crippen molar-refractivity contribution < 1.29 is 0 Å². The van der Waals surface area contributed by atoms with Crippen molar-refractivity contribution in [3.63, 3.8) is 0 Å². The molecule has 2 aliphatic rings. The molecule has 17 heavy (non-hydrogen) atoms. The Balaban J connectivity index is 2.20. The molecular weight excluding hydrogens is 210 g/mol. The fourth-order valence-corrected chi connectivity index (χ4v) is 2.18. The number of hydrogen-bond acceptors (Lipinski definition) is 3. The second-order valence-corrected chi connectivity index (χ2v) is 6.08. The Morgan fingerprint density at radius 2 is 2.00 bits per heavy atom. The molecule has 0 saturated carbocycles. The highest BCUT2D eigenvalue weighted by Gasteiger charge is 2.32. The van der Waals surface area contributed by atoms with Crippen LogP contribution >= 0.6 is 0 Å². The zero-order valence-corrected chi connectivity index (χ0v) is 11.3. The molecule has 0 bridgehead atoms. The predicted molar refractivity (Wildman–Crippen MR) is 72.4 cm³/mol. The SMILES string of the molecule is CC1=CC=C(N2N=C(C(C)(C)C)CC2N)CC1. The van der Waals surface area contributed by atoms with Gasteiger partial charge in [-0.25, -0.2) is 0 Å². The molecule has 0 aromatic rings. The van der Waals surface area contributed by atoms with Crippen LogP contribution in [0.15, 0.2) is 28.5 Å². The summed E-state index contributed by atoms with van der Waals surface area (Å²) in [6.45, 7) is 8.76. The Morgan fingerprint density at radius 3 is 2.47 bits per heavy atom. The summed E-state index contributed by atoms with van der Waals surface area (Å²) >= 11 is 0. The van der Waals surface area contributed by atoms with Gasteiger partial charge in [-0.05, 0) is 25.8 Å². The molecular formula is C14H23N3. The number of hydrogen-bond donors (Lipinski definition) is 1. The van der Waals surface area contributed by atoms with Crippen molar-refractivity contribution in [2.45, 2.75) is 53.1 Å². The molecule has 0 aromatic carbocycles. The minimum Gasteiger partial charge on any atom is -0.309 e. The number of allylic oxidation sites excluding steroid dienone is 4. The van der Waals surface area contributed by atoms with Gasteiger partial charge in [-0.2, -0.15) is 5.10 Å². The first-order chi connectivity index (χ1) is 7.88. The van der Waals surface area contributed by atoms with Crippen molar-refractivity contribution in [2.24, 2.45) is 16.3 Å². The van der Waals surface area contributed by atoms with Gasteiger partial charge >= 0.3 is 0 Å². The first-order valence-electron chi connectivity index (χ1n) is 6.37. The van der Waals surface area contributed by atoms with Crippen molar-refractivity contribution in [3.05, 3.63) is 23.4 Å². The van der Waals surface area contributed by atoms with E-state index in [1.165, 1.54) is 17.0 Å². The van der Waals surface area contributed by atoms with Crippen LogP contribution < -0.4 is 5.73 Å². The Bertz CT molecular complexity index is 396. The highest BCUT2D eigenvalue weighted by atomic mass is 15.5. The van der Waals surface area contributed by atoms with Gasteiger partial charge in [0.2, 0.25) is 0 Å². The molecule has 1 aliphatic carbocycles. The zero-order valence-electron chi connectivity index (χ0n) is 11.3. The molecule has 0 fully saturated rings. The molecule has 0 amide bonds. The third-order valence-corrected chi connectivity index (χ3v) is 3.44. The summed E-state index contributed by atoms with van der Waals surface area (Å²) in [5, 5.41) is 6.73. The van der Waals surface area contributed by atoms with E-state index in [1.54, 1.807) is 0 Å². The quantitative estimate of drug-likeness (QED) is 0.756. The van der Waals surface area contributed by atoms with Crippen LogP contribution in [0.1, 0.15) is 47.0 Å². The van der Waals surface area contributed by atoms with Crippen molar-refractivity contribution in [1.29, 1.82) is 0 Å². The van der Waals surface area contributed by atoms with Crippen LogP contribution in [-0.4, -0.2) is 16.9 Å². The molecule has 1 atom stereocenters. The van der Waals surface area contributed by atoms with Crippen LogP contribution in [0.2, 0.25) is 0 Å². The largest absolute Gasteiger partial charge is 0.309 e. The fraction of sp³-hybridized carbons (Fsp3) is 0.643. The molecule has 2 rings (SSSR count). The number of nitrogens with zero attached hydrogens (tertiary/aromatic N) is 2. The van der Waals surface area contributed by atoms with Crippen LogP contribution in [0.5, 0.6) is 0 Å². The Labute approximate surface area is 104 Å². The van der Waals surface area contributed by atoms with Gasteiger partial charge < -0.3 is 5.73 Å². The molecule has 1 aliphatic heterocycles. The summed E-state index contributed by atoms with van der Waals surface area (Å²) in [6, 6.07) is 0. The Morgan fingerprint density at radius 1 is 1.29 bits per heavy atom. The van der Waals surface area contributed by atoms with Gasteiger partial charge in [-0.3, -0.25) is 5.01 Å². The minimum atomic E-state index is 0.0160. The topological polar surface area (TPSA) is 41.6 Å². The highest BCUT2D eigenvalue weighted by molar-refractivity contribution is 5.90. The maximum absolute atomic E-state index is 6.18.